The molecule has 0 saturated carbocycles. The van der Waals surface area contributed by atoms with E-state index in [9.17, 15) is 4.39 Å². The molecule has 0 aromatic carbocycles. The number of hydrogen-bond donors (Lipinski definition) is 0. The third-order valence-corrected chi connectivity index (χ3v) is 2.51. The van der Waals surface area contributed by atoms with E-state index < -0.39 is 5.67 Å². The molecule has 0 spiro atoms. The molecule has 0 bridgehead atoms. The predicted molar refractivity (Wildman–Crippen MR) is 38.2 cm³/mol. The van der Waals surface area contributed by atoms with Gasteiger partial charge in [-0.05, 0) is 12.8 Å². The number of rotatable bonds is 3. The average Bonchev–Trinajstić information content (AvgIpc) is 1.87. The summed E-state index contributed by atoms with van der Waals surface area (Å²) in [6.45, 7) is 3.73. The molecule has 0 aliphatic rings. The van der Waals surface area contributed by atoms with E-state index in [-0.39, 0.29) is 0 Å². The minimum absolute atomic E-state index is 0.465. The highest BCUT2D eigenvalue weighted by Gasteiger charge is 2.22. The van der Waals surface area contributed by atoms with Crippen LogP contribution in [0.25, 0.3) is 0 Å². The fraction of sp³-hybridized carbons (Fsp3) is 1.00. The number of alkyl halides is 2. The zero-order valence-corrected chi connectivity index (χ0v) is 6.96. The molecule has 2 heteroatoms. The van der Waals surface area contributed by atoms with Gasteiger partial charge in [0.1, 0.15) is 5.67 Å². The largest absolute Gasteiger partial charge is 0.243 e. The highest BCUT2D eigenvalue weighted by Crippen LogP contribution is 2.21. The van der Waals surface area contributed by atoms with Crippen molar-refractivity contribution in [3.8, 4) is 0 Å². The van der Waals surface area contributed by atoms with Crippen LogP contribution in [0, 0.1) is 0 Å². The summed E-state index contributed by atoms with van der Waals surface area (Å²) in [6.07, 6.45) is 1.21. The van der Waals surface area contributed by atoms with Crippen molar-refractivity contribution in [3.05, 3.63) is 0 Å². The quantitative estimate of drug-likeness (QED) is 0.590. The highest BCUT2D eigenvalue weighted by atomic mass is 79.9. The molecule has 0 aromatic rings. The summed E-state index contributed by atoms with van der Waals surface area (Å²) in [4.78, 5) is 0. The Hall–Kier alpha value is 0.410. The zero-order chi connectivity index (χ0) is 6.62. The van der Waals surface area contributed by atoms with Crippen molar-refractivity contribution in [1.29, 1.82) is 0 Å². The third-order valence-electron chi connectivity index (χ3n) is 1.51. The molecule has 0 fully saturated rings. The second-order valence-corrected chi connectivity index (χ2v) is 2.55. The normalized spacial score (nSPS) is 12.0. The van der Waals surface area contributed by atoms with Crippen LogP contribution in [0.2, 0.25) is 0 Å². The van der Waals surface area contributed by atoms with E-state index in [1.807, 2.05) is 13.8 Å². The van der Waals surface area contributed by atoms with Crippen molar-refractivity contribution in [1.82, 2.24) is 0 Å². The lowest BCUT2D eigenvalue weighted by molar-refractivity contribution is 0.185. The van der Waals surface area contributed by atoms with E-state index >= 15 is 0 Å². The molecule has 0 aromatic heterocycles. The van der Waals surface area contributed by atoms with E-state index in [1.165, 1.54) is 0 Å². The Labute approximate surface area is 58.6 Å². The van der Waals surface area contributed by atoms with Crippen LogP contribution in [0.1, 0.15) is 26.7 Å². The summed E-state index contributed by atoms with van der Waals surface area (Å²) >= 11 is 3.12. The molecule has 0 heterocycles. The van der Waals surface area contributed by atoms with Crippen LogP contribution in [0.5, 0.6) is 0 Å². The minimum Gasteiger partial charge on any atom is -0.243 e. The molecule has 50 valence electrons. The van der Waals surface area contributed by atoms with Gasteiger partial charge in [0, 0.05) is 5.33 Å². The van der Waals surface area contributed by atoms with E-state index in [1.54, 1.807) is 0 Å². The predicted octanol–water partition coefficient (Wildman–Crippen LogP) is 2.91. The van der Waals surface area contributed by atoms with Gasteiger partial charge in [0.2, 0.25) is 0 Å². The van der Waals surface area contributed by atoms with Crippen LogP contribution in [0.15, 0.2) is 0 Å². The van der Waals surface area contributed by atoms with Gasteiger partial charge in [-0.1, -0.05) is 29.8 Å². The second kappa shape index (κ2) is 3.44. The van der Waals surface area contributed by atoms with Crippen LogP contribution in [-0.4, -0.2) is 11.0 Å². The van der Waals surface area contributed by atoms with Crippen molar-refractivity contribution in [3.63, 3.8) is 0 Å². The number of halogens is 2. The Morgan fingerprint density at radius 1 is 1.38 bits per heavy atom. The van der Waals surface area contributed by atoms with Crippen molar-refractivity contribution < 1.29 is 4.39 Å². The van der Waals surface area contributed by atoms with Crippen molar-refractivity contribution in [2.24, 2.45) is 0 Å². The molecule has 8 heavy (non-hydrogen) atoms. The van der Waals surface area contributed by atoms with Crippen LogP contribution in [0.3, 0.4) is 0 Å². The molecule has 0 aliphatic heterocycles. The number of hydrogen-bond acceptors (Lipinski definition) is 0. The first-order valence-electron chi connectivity index (χ1n) is 2.93. The maximum Gasteiger partial charge on any atom is 0.120 e. The van der Waals surface area contributed by atoms with Gasteiger partial charge in [0.25, 0.3) is 0 Å². The Balaban J connectivity index is 3.58. The van der Waals surface area contributed by atoms with Crippen LogP contribution in [0.4, 0.5) is 4.39 Å². The fourth-order valence-corrected chi connectivity index (χ4v) is 1.23. The van der Waals surface area contributed by atoms with Gasteiger partial charge in [0.15, 0.2) is 0 Å². The van der Waals surface area contributed by atoms with Gasteiger partial charge in [-0.2, -0.15) is 0 Å². The van der Waals surface area contributed by atoms with Gasteiger partial charge in [-0.15, -0.1) is 0 Å². The third kappa shape index (κ3) is 2.12. The van der Waals surface area contributed by atoms with Gasteiger partial charge in [-0.25, -0.2) is 4.39 Å². The zero-order valence-electron chi connectivity index (χ0n) is 5.38. The molecule has 0 atom stereocenters. The average molecular weight is 183 g/mol. The van der Waals surface area contributed by atoms with E-state index in [0.29, 0.717) is 18.2 Å². The molecular formula is C6H12BrF. The SMILES string of the molecule is CCC(F)(CC)CBr. The standard InChI is InChI=1S/C6H12BrF/c1-3-6(8,4-2)5-7/h3-5H2,1-2H3. The van der Waals surface area contributed by atoms with Crippen molar-refractivity contribution >= 4 is 15.9 Å². The molecule has 0 unspecified atom stereocenters. The molecule has 0 radical (unpaired) electrons. The maximum absolute atomic E-state index is 12.9. The molecule has 0 amide bonds. The summed E-state index contributed by atoms with van der Waals surface area (Å²) in [6, 6.07) is 0. The Morgan fingerprint density at radius 2 is 1.75 bits per heavy atom. The van der Waals surface area contributed by atoms with Gasteiger partial charge in [0.05, 0.1) is 0 Å². The Bertz CT molecular complexity index is 51.3. The molecule has 0 saturated heterocycles. The summed E-state index contributed by atoms with van der Waals surface area (Å²) in [5.74, 6) is 0. The van der Waals surface area contributed by atoms with Gasteiger partial charge >= 0.3 is 0 Å². The molecule has 0 rings (SSSR count). The fourth-order valence-electron chi connectivity index (χ4n) is 0.439. The minimum atomic E-state index is -0.958. The van der Waals surface area contributed by atoms with Crippen molar-refractivity contribution in [2.45, 2.75) is 32.4 Å². The first kappa shape index (κ1) is 8.41. The van der Waals surface area contributed by atoms with Crippen LogP contribution in [-0.2, 0) is 0 Å². The lowest BCUT2D eigenvalue weighted by Gasteiger charge is -2.17. The molecule has 0 nitrogen and oxygen atoms in total. The van der Waals surface area contributed by atoms with E-state index in [0.717, 1.165) is 0 Å². The second-order valence-electron chi connectivity index (χ2n) is 1.99. The van der Waals surface area contributed by atoms with Crippen molar-refractivity contribution in [2.75, 3.05) is 5.33 Å². The molecule has 0 aliphatic carbocycles. The summed E-state index contributed by atoms with van der Waals surface area (Å²) in [5.41, 5.74) is -0.958. The Morgan fingerprint density at radius 3 is 1.75 bits per heavy atom. The summed E-state index contributed by atoms with van der Waals surface area (Å²) in [5, 5.41) is 0.465. The van der Waals surface area contributed by atoms with Crippen LogP contribution < -0.4 is 0 Å². The van der Waals surface area contributed by atoms with E-state index in [2.05, 4.69) is 15.9 Å². The highest BCUT2D eigenvalue weighted by molar-refractivity contribution is 9.09. The van der Waals surface area contributed by atoms with Crippen LogP contribution >= 0.6 is 15.9 Å². The lowest BCUT2D eigenvalue weighted by atomic mass is 10.0. The summed E-state index contributed by atoms with van der Waals surface area (Å²) in [7, 11) is 0. The Kier molecular flexibility index (Phi) is 3.61. The smallest absolute Gasteiger partial charge is 0.120 e. The van der Waals surface area contributed by atoms with E-state index in [4.69, 9.17) is 0 Å². The first-order chi connectivity index (χ1) is 3.68. The van der Waals surface area contributed by atoms with Gasteiger partial charge in [-0.3, -0.25) is 0 Å². The molecular weight excluding hydrogens is 171 g/mol. The lowest BCUT2D eigenvalue weighted by Crippen LogP contribution is -2.21. The first-order valence-corrected chi connectivity index (χ1v) is 4.05. The summed E-state index contributed by atoms with van der Waals surface area (Å²) < 4.78 is 12.9. The molecule has 0 N–H and O–H groups in total. The topological polar surface area (TPSA) is 0 Å². The maximum atomic E-state index is 12.9. The van der Waals surface area contributed by atoms with Gasteiger partial charge < -0.3 is 0 Å². The monoisotopic (exact) mass is 182 g/mol.